The quantitative estimate of drug-likeness (QED) is 0.783. The van der Waals surface area contributed by atoms with Crippen molar-refractivity contribution >= 4 is 11.8 Å². The van der Waals surface area contributed by atoms with Gasteiger partial charge in [-0.3, -0.25) is 4.79 Å². The maximum absolute atomic E-state index is 11.6. The van der Waals surface area contributed by atoms with E-state index in [0.29, 0.717) is 11.4 Å². The third-order valence-corrected chi connectivity index (χ3v) is 3.57. The van der Waals surface area contributed by atoms with E-state index in [2.05, 4.69) is 11.1 Å². The largest absolute Gasteiger partial charge is 0.468 e. The summed E-state index contributed by atoms with van der Waals surface area (Å²) in [4.78, 5) is 18.0. The zero-order valence-electron chi connectivity index (χ0n) is 12.1. The van der Waals surface area contributed by atoms with E-state index in [9.17, 15) is 10.1 Å². The number of nitrogens with zero attached hydrogens (tertiary/aromatic N) is 3. The number of fused-ring (bicyclic) bond motifs is 1. The topological polar surface area (TPSA) is 66.2 Å². The normalized spacial score (nSPS) is 12.9. The van der Waals surface area contributed by atoms with Gasteiger partial charge in [-0.1, -0.05) is 0 Å². The van der Waals surface area contributed by atoms with Crippen molar-refractivity contribution in [2.45, 2.75) is 39.2 Å². The second-order valence-corrected chi connectivity index (χ2v) is 5.23. The zero-order valence-corrected chi connectivity index (χ0v) is 12.1. The summed E-state index contributed by atoms with van der Waals surface area (Å²) in [7, 11) is 1.36. The van der Waals surface area contributed by atoms with Crippen LogP contribution in [0.4, 0.5) is 5.82 Å². The number of pyridine rings is 1. The van der Waals surface area contributed by atoms with Crippen LogP contribution in [0, 0.1) is 11.3 Å². The summed E-state index contributed by atoms with van der Waals surface area (Å²) in [6.45, 7) is 4.05. The van der Waals surface area contributed by atoms with Gasteiger partial charge in [0.1, 0.15) is 18.4 Å². The SMILES string of the molecule is COC(=O)CN(c1nc2c(cc1C#N)CCC2)C(C)C. The number of carbonyl (C=O) groups is 1. The lowest BCUT2D eigenvalue weighted by Gasteiger charge is -2.27. The first-order valence-corrected chi connectivity index (χ1v) is 6.83. The highest BCUT2D eigenvalue weighted by molar-refractivity contribution is 5.76. The number of rotatable bonds is 4. The minimum Gasteiger partial charge on any atom is -0.468 e. The number of methoxy groups -OCH3 is 1. The molecular formula is C15H19N3O2. The van der Waals surface area contributed by atoms with E-state index in [-0.39, 0.29) is 18.6 Å². The number of hydrogen-bond donors (Lipinski definition) is 0. The lowest BCUT2D eigenvalue weighted by Crippen LogP contribution is -2.37. The van der Waals surface area contributed by atoms with Gasteiger partial charge < -0.3 is 9.64 Å². The highest BCUT2D eigenvalue weighted by Gasteiger charge is 2.23. The Kier molecular flexibility index (Phi) is 4.23. The zero-order chi connectivity index (χ0) is 14.7. The second kappa shape index (κ2) is 5.91. The van der Waals surface area contributed by atoms with Crippen LogP contribution in [0.3, 0.4) is 0 Å². The van der Waals surface area contributed by atoms with E-state index in [1.165, 1.54) is 7.11 Å². The highest BCUT2D eigenvalue weighted by Crippen LogP contribution is 2.27. The summed E-state index contributed by atoms with van der Waals surface area (Å²) in [6, 6.07) is 4.17. The summed E-state index contributed by atoms with van der Waals surface area (Å²) in [5.41, 5.74) is 2.74. The van der Waals surface area contributed by atoms with Crippen LogP contribution in [0.2, 0.25) is 0 Å². The Morgan fingerprint density at radius 1 is 1.55 bits per heavy atom. The molecule has 0 N–H and O–H groups in total. The Morgan fingerprint density at radius 2 is 2.30 bits per heavy atom. The molecule has 0 bridgehead atoms. The van der Waals surface area contributed by atoms with E-state index >= 15 is 0 Å². The van der Waals surface area contributed by atoms with Gasteiger partial charge in [0.05, 0.1) is 12.7 Å². The average Bonchev–Trinajstić information content (AvgIpc) is 2.89. The molecule has 0 atom stereocenters. The Bertz CT molecular complexity index is 561. The smallest absolute Gasteiger partial charge is 0.325 e. The molecule has 0 spiro atoms. The molecule has 5 nitrogen and oxygen atoms in total. The highest BCUT2D eigenvalue weighted by atomic mass is 16.5. The third-order valence-electron chi connectivity index (χ3n) is 3.57. The van der Waals surface area contributed by atoms with Crippen LogP contribution in [-0.4, -0.2) is 30.6 Å². The van der Waals surface area contributed by atoms with Crippen molar-refractivity contribution in [1.29, 1.82) is 5.26 Å². The van der Waals surface area contributed by atoms with Crippen molar-refractivity contribution in [3.05, 3.63) is 22.9 Å². The first-order chi connectivity index (χ1) is 9.56. The Balaban J connectivity index is 2.42. The average molecular weight is 273 g/mol. The van der Waals surface area contributed by atoms with E-state index < -0.39 is 0 Å². The molecule has 0 radical (unpaired) electrons. The number of hydrogen-bond acceptors (Lipinski definition) is 5. The molecule has 106 valence electrons. The number of anilines is 1. The molecule has 1 aromatic heterocycles. The lowest BCUT2D eigenvalue weighted by atomic mass is 10.1. The summed E-state index contributed by atoms with van der Waals surface area (Å²) < 4.78 is 4.73. The molecule has 5 heteroatoms. The fourth-order valence-electron chi connectivity index (χ4n) is 2.47. The molecule has 1 aromatic rings. The predicted molar refractivity (Wildman–Crippen MR) is 75.5 cm³/mol. The monoisotopic (exact) mass is 273 g/mol. The van der Waals surface area contributed by atoms with Gasteiger partial charge >= 0.3 is 5.97 Å². The Hall–Kier alpha value is -2.09. The standard InChI is InChI=1S/C15H19N3O2/c1-10(2)18(9-14(19)20-3)15-12(8-16)7-11-5-4-6-13(11)17-15/h7,10H,4-6,9H2,1-3H3. The van der Waals surface area contributed by atoms with Gasteiger partial charge in [-0.25, -0.2) is 4.98 Å². The first kappa shape index (κ1) is 14.3. The molecule has 0 unspecified atom stereocenters. The van der Waals surface area contributed by atoms with Gasteiger partial charge in [-0.05, 0) is 44.7 Å². The van der Waals surface area contributed by atoms with Crippen LogP contribution in [0.5, 0.6) is 0 Å². The number of carbonyl (C=O) groups excluding carboxylic acids is 1. The number of ether oxygens (including phenoxy) is 1. The molecule has 0 saturated heterocycles. The number of nitriles is 1. The number of aromatic nitrogens is 1. The summed E-state index contributed by atoms with van der Waals surface area (Å²) >= 11 is 0. The molecule has 0 amide bonds. The van der Waals surface area contributed by atoms with Crippen molar-refractivity contribution in [3.63, 3.8) is 0 Å². The number of aryl methyl sites for hydroxylation is 2. The van der Waals surface area contributed by atoms with E-state index in [0.717, 1.165) is 30.5 Å². The third kappa shape index (κ3) is 2.74. The number of esters is 1. The molecule has 0 saturated carbocycles. The fraction of sp³-hybridized carbons (Fsp3) is 0.533. The molecule has 1 heterocycles. The summed E-state index contributed by atoms with van der Waals surface area (Å²) in [6.07, 6.45) is 3.00. The Labute approximate surface area is 119 Å². The molecule has 0 fully saturated rings. The minimum atomic E-state index is -0.329. The summed E-state index contributed by atoms with van der Waals surface area (Å²) in [5.74, 6) is 0.262. The van der Waals surface area contributed by atoms with Crippen LogP contribution in [0.1, 0.15) is 37.1 Å². The fourth-order valence-corrected chi connectivity index (χ4v) is 2.47. The van der Waals surface area contributed by atoms with Gasteiger partial charge in [-0.15, -0.1) is 0 Å². The van der Waals surface area contributed by atoms with Crippen LogP contribution in [-0.2, 0) is 22.4 Å². The maximum atomic E-state index is 11.6. The first-order valence-electron chi connectivity index (χ1n) is 6.83. The maximum Gasteiger partial charge on any atom is 0.325 e. The van der Waals surface area contributed by atoms with E-state index in [4.69, 9.17) is 4.74 Å². The van der Waals surface area contributed by atoms with Crippen molar-refractivity contribution in [2.24, 2.45) is 0 Å². The lowest BCUT2D eigenvalue weighted by molar-refractivity contribution is -0.139. The Morgan fingerprint density at radius 3 is 2.90 bits per heavy atom. The predicted octanol–water partition coefficient (Wildman–Crippen LogP) is 1.83. The van der Waals surface area contributed by atoms with Gasteiger partial charge in [0.2, 0.25) is 0 Å². The van der Waals surface area contributed by atoms with Crippen LogP contribution in [0.15, 0.2) is 6.07 Å². The van der Waals surface area contributed by atoms with Gasteiger partial charge in [0, 0.05) is 11.7 Å². The molecule has 1 aliphatic carbocycles. The molecule has 0 aliphatic heterocycles. The van der Waals surface area contributed by atoms with Crippen LogP contribution in [0.25, 0.3) is 0 Å². The van der Waals surface area contributed by atoms with Crippen LogP contribution < -0.4 is 4.90 Å². The van der Waals surface area contributed by atoms with Gasteiger partial charge in [0.25, 0.3) is 0 Å². The van der Waals surface area contributed by atoms with Crippen LogP contribution >= 0.6 is 0 Å². The molecule has 20 heavy (non-hydrogen) atoms. The molecular weight excluding hydrogens is 254 g/mol. The second-order valence-electron chi connectivity index (χ2n) is 5.23. The van der Waals surface area contributed by atoms with Gasteiger partial charge in [0.15, 0.2) is 0 Å². The van der Waals surface area contributed by atoms with E-state index in [1.54, 1.807) is 0 Å². The molecule has 2 rings (SSSR count). The molecule has 0 aromatic carbocycles. The van der Waals surface area contributed by atoms with E-state index in [1.807, 2.05) is 24.8 Å². The van der Waals surface area contributed by atoms with Crippen molar-refractivity contribution < 1.29 is 9.53 Å². The summed E-state index contributed by atoms with van der Waals surface area (Å²) in [5, 5.41) is 9.34. The van der Waals surface area contributed by atoms with Crippen molar-refractivity contribution in [1.82, 2.24) is 4.98 Å². The molecule has 1 aliphatic rings. The minimum absolute atomic E-state index is 0.0631. The van der Waals surface area contributed by atoms with Crippen molar-refractivity contribution in [2.75, 3.05) is 18.6 Å². The van der Waals surface area contributed by atoms with Crippen molar-refractivity contribution in [3.8, 4) is 6.07 Å². The van der Waals surface area contributed by atoms with Gasteiger partial charge in [-0.2, -0.15) is 5.26 Å².